The Kier molecular flexibility index (Phi) is 4.77. The normalized spacial score (nSPS) is 11.1. The molecule has 2 aromatic carbocycles. The van der Waals surface area contributed by atoms with E-state index in [1.54, 1.807) is 7.11 Å². The standard InChI is InChI=1S/C18H19NO2/c1-13-4-6-14(7-5-13)16(12-20)10-15-11-17(21-3)8-9-18(15)19-2/h4-12,19H,1-3H3/b16-10+. The van der Waals surface area contributed by atoms with Crippen molar-refractivity contribution < 1.29 is 9.53 Å². The molecule has 0 saturated carbocycles. The van der Waals surface area contributed by atoms with Crippen molar-refractivity contribution in [3.05, 3.63) is 59.2 Å². The summed E-state index contributed by atoms with van der Waals surface area (Å²) in [5.41, 5.74) is 4.57. The number of nitrogens with one attached hydrogen (secondary N) is 1. The van der Waals surface area contributed by atoms with E-state index in [-0.39, 0.29) is 0 Å². The summed E-state index contributed by atoms with van der Waals surface area (Å²) in [5.74, 6) is 0.759. The summed E-state index contributed by atoms with van der Waals surface area (Å²) in [6.07, 6.45) is 2.75. The third-order valence-electron chi connectivity index (χ3n) is 3.35. The van der Waals surface area contributed by atoms with Crippen molar-refractivity contribution in [3.8, 4) is 5.75 Å². The molecule has 2 aromatic rings. The maximum Gasteiger partial charge on any atom is 0.150 e. The second-order valence-electron chi connectivity index (χ2n) is 4.79. The van der Waals surface area contributed by atoms with Gasteiger partial charge in [0.15, 0.2) is 6.29 Å². The molecule has 0 fully saturated rings. The number of carbonyl (C=O) groups excluding carboxylic acids is 1. The van der Waals surface area contributed by atoms with Crippen LogP contribution in [0.15, 0.2) is 42.5 Å². The minimum Gasteiger partial charge on any atom is -0.497 e. The highest BCUT2D eigenvalue weighted by atomic mass is 16.5. The number of aryl methyl sites for hydroxylation is 1. The van der Waals surface area contributed by atoms with Crippen LogP contribution in [-0.4, -0.2) is 20.4 Å². The first-order valence-corrected chi connectivity index (χ1v) is 6.77. The van der Waals surface area contributed by atoms with Gasteiger partial charge in [-0.05, 0) is 36.8 Å². The van der Waals surface area contributed by atoms with Crippen molar-refractivity contribution >= 4 is 23.6 Å². The average molecular weight is 281 g/mol. The lowest BCUT2D eigenvalue weighted by molar-refractivity contribution is -0.103. The lowest BCUT2D eigenvalue weighted by Gasteiger charge is -2.09. The number of anilines is 1. The van der Waals surface area contributed by atoms with Crippen molar-refractivity contribution in [1.82, 2.24) is 0 Å². The van der Waals surface area contributed by atoms with Crippen molar-refractivity contribution in [3.63, 3.8) is 0 Å². The molecule has 0 amide bonds. The van der Waals surface area contributed by atoms with Crippen LogP contribution in [0.3, 0.4) is 0 Å². The topological polar surface area (TPSA) is 38.3 Å². The Bertz CT molecular complexity index is 657. The fourth-order valence-corrected chi connectivity index (χ4v) is 2.11. The molecule has 3 heteroatoms. The first-order valence-electron chi connectivity index (χ1n) is 6.77. The maximum atomic E-state index is 11.4. The maximum absolute atomic E-state index is 11.4. The number of methoxy groups -OCH3 is 1. The summed E-state index contributed by atoms with van der Waals surface area (Å²) in [6.45, 7) is 2.02. The average Bonchev–Trinajstić information content (AvgIpc) is 2.53. The molecule has 108 valence electrons. The third-order valence-corrected chi connectivity index (χ3v) is 3.35. The molecule has 0 radical (unpaired) electrons. The Morgan fingerprint density at radius 1 is 1.14 bits per heavy atom. The first-order chi connectivity index (χ1) is 10.2. The van der Waals surface area contributed by atoms with Gasteiger partial charge in [0.05, 0.1) is 7.11 Å². The van der Waals surface area contributed by atoms with Gasteiger partial charge in [-0.3, -0.25) is 4.79 Å². The highest BCUT2D eigenvalue weighted by molar-refractivity contribution is 6.14. The van der Waals surface area contributed by atoms with Crippen molar-refractivity contribution in [1.29, 1.82) is 0 Å². The van der Waals surface area contributed by atoms with E-state index in [0.717, 1.165) is 28.8 Å². The minimum absolute atomic E-state index is 0.639. The number of aldehydes is 1. The van der Waals surface area contributed by atoms with Gasteiger partial charge in [0, 0.05) is 23.9 Å². The molecule has 0 aliphatic carbocycles. The van der Waals surface area contributed by atoms with Crippen molar-refractivity contribution in [2.45, 2.75) is 6.92 Å². The number of hydrogen-bond donors (Lipinski definition) is 1. The van der Waals surface area contributed by atoms with Crippen molar-refractivity contribution in [2.75, 3.05) is 19.5 Å². The summed E-state index contributed by atoms with van der Waals surface area (Å²) in [5, 5.41) is 3.12. The Hall–Kier alpha value is -2.55. The zero-order valence-corrected chi connectivity index (χ0v) is 12.5. The predicted octanol–water partition coefficient (Wildman–Crippen LogP) is 3.78. The molecule has 2 rings (SSSR count). The summed E-state index contributed by atoms with van der Waals surface area (Å²) in [7, 11) is 3.48. The molecule has 1 N–H and O–H groups in total. The number of rotatable bonds is 5. The Morgan fingerprint density at radius 3 is 2.43 bits per heavy atom. The molecule has 0 heterocycles. The van der Waals surface area contributed by atoms with Crippen LogP contribution >= 0.6 is 0 Å². The lowest BCUT2D eigenvalue weighted by Crippen LogP contribution is -1.94. The summed E-state index contributed by atoms with van der Waals surface area (Å²) in [6, 6.07) is 13.6. The van der Waals surface area contributed by atoms with Crippen LogP contribution in [0.25, 0.3) is 11.6 Å². The van der Waals surface area contributed by atoms with E-state index in [1.165, 1.54) is 5.56 Å². The summed E-state index contributed by atoms with van der Waals surface area (Å²) < 4.78 is 5.25. The van der Waals surface area contributed by atoms with E-state index in [4.69, 9.17) is 4.74 Å². The number of ether oxygens (including phenoxy) is 1. The van der Waals surface area contributed by atoms with Crippen molar-refractivity contribution in [2.24, 2.45) is 0 Å². The van der Waals surface area contributed by atoms with Gasteiger partial charge in [0.1, 0.15) is 5.75 Å². The zero-order valence-electron chi connectivity index (χ0n) is 12.5. The van der Waals surface area contributed by atoms with E-state index < -0.39 is 0 Å². The smallest absolute Gasteiger partial charge is 0.150 e. The van der Waals surface area contributed by atoms with Gasteiger partial charge in [-0.15, -0.1) is 0 Å². The SMILES string of the molecule is CNc1ccc(OC)cc1/C=C(\C=O)c1ccc(C)cc1. The number of hydrogen-bond acceptors (Lipinski definition) is 3. The fourth-order valence-electron chi connectivity index (χ4n) is 2.11. The highest BCUT2D eigenvalue weighted by Gasteiger charge is 2.05. The molecule has 0 unspecified atom stereocenters. The van der Waals surface area contributed by atoms with Crippen LogP contribution in [0.4, 0.5) is 5.69 Å². The molecule has 0 spiro atoms. The summed E-state index contributed by atoms with van der Waals surface area (Å²) in [4.78, 5) is 11.4. The molecule has 21 heavy (non-hydrogen) atoms. The van der Waals surface area contributed by atoms with Gasteiger partial charge in [0.25, 0.3) is 0 Å². The van der Waals surface area contributed by atoms with Gasteiger partial charge in [-0.1, -0.05) is 29.8 Å². The molecule has 0 aliphatic rings. The van der Waals surface area contributed by atoms with Crippen LogP contribution in [0.5, 0.6) is 5.75 Å². The highest BCUT2D eigenvalue weighted by Crippen LogP contribution is 2.26. The number of benzene rings is 2. The van der Waals surface area contributed by atoms with Gasteiger partial charge in [0.2, 0.25) is 0 Å². The minimum atomic E-state index is 0.639. The Labute approximate surface area is 125 Å². The van der Waals surface area contributed by atoms with Crippen LogP contribution in [-0.2, 0) is 4.79 Å². The predicted molar refractivity (Wildman–Crippen MR) is 87.7 cm³/mol. The molecule has 0 bridgehead atoms. The Morgan fingerprint density at radius 2 is 1.86 bits per heavy atom. The van der Waals surface area contributed by atoms with E-state index in [1.807, 2.05) is 62.5 Å². The van der Waals surface area contributed by atoms with Crippen LogP contribution in [0.1, 0.15) is 16.7 Å². The van der Waals surface area contributed by atoms with Crippen LogP contribution in [0.2, 0.25) is 0 Å². The van der Waals surface area contributed by atoms with Gasteiger partial charge in [-0.2, -0.15) is 0 Å². The van der Waals surface area contributed by atoms with Gasteiger partial charge >= 0.3 is 0 Å². The van der Waals surface area contributed by atoms with E-state index in [2.05, 4.69) is 5.32 Å². The van der Waals surface area contributed by atoms with E-state index in [0.29, 0.717) is 5.57 Å². The molecule has 0 atom stereocenters. The second-order valence-corrected chi connectivity index (χ2v) is 4.79. The fraction of sp³-hybridized carbons (Fsp3) is 0.167. The van der Waals surface area contributed by atoms with Crippen LogP contribution < -0.4 is 10.1 Å². The third kappa shape index (κ3) is 3.51. The lowest BCUT2D eigenvalue weighted by atomic mass is 10.0. The van der Waals surface area contributed by atoms with Crippen LogP contribution in [0, 0.1) is 6.92 Å². The molecular weight excluding hydrogens is 262 g/mol. The first kappa shape index (κ1) is 14.9. The zero-order chi connectivity index (χ0) is 15.2. The van der Waals surface area contributed by atoms with Gasteiger partial charge < -0.3 is 10.1 Å². The Balaban J connectivity index is 2.48. The number of allylic oxidation sites excluding steroid dienone is 1. The summed E-state index contributed by atoms with van der Waals surface area (Å²) >= 11 is 0. The quantitative estimate of drug-likeness (QED) is 0.515. The largest absolute Gasteiger partial charge is 0.497 e. The van der Waals surface area contributed by atoms with Gasteiger partial charge in [-0.25, -0.2) is 0 Å². The number of carbonyl (C=O) groups is 1. The van der Waals surface area contributed by atoms with E-state index in [9.17, 15) is 4.79 Å². The van der Waals surface area contributed by atoms with E-state index >= 15 is 0 Å². The molecule has 0 aliphatic heterocycles. The second kappa shape index (κ2) is 6.75. The molecule has 0 aromatic heterocycles. The molecule has 3 nitrogen and oxygen atoms in total. The monoisotopic (exact) mass is 281 g/mol. The molecule has 0 saturated heterocycles. The molecular formula is C18H19NO2.